The third-order valence-electron chi connectivity index (χ3n) is 4.45. The van der Waals surface area contributed by atoms with Gasteiger partial charge in [-0.05, 0) is 39.0 Å². The fraction of sp³-hybridized carbons (Fsp3) is 0.350. The average molecular weight is 379 g/mol. The summed E-state index contributed by atoms with van der Waals surface area (Å²) in [6.45, 7) is 7.66. The van der Waals surface area contributed by atoms with Crippen LogP contribution in [0, 0.1) is 13.8 Å². The zero-order valence-electron chi connectivity index (χ0n) is 16.7. The number of nitrogens with zero attached hydrogens (tertiary/aromatic N) is 7. The SMILES string of the molecule is CCN(CCN(C)c1nc(C)cc(C)n1)C(=O)c1ccccc1-n1nccn1. The van der Waals surface area contributed by atoms with Crippen molar-refractivity contribution in [3.63, 3.8) is 0 Å². The average Bonchev–Trinajstić information content (AvgIpc) is 3.22. The van der Waals surface area contributed by atoms with E-state index in [9.17, 15) is 4.79 Å². The molecule has 146 valence electrons. The quantitative estimate of drug-likeness (QED) is 0.626. The van der Waals surface area contributed by atoms with Crippen LogP contribution < -0.4 is 4.90 Å². The Hall–Kier alpha value is -3.29. The molecule has 0 radical (unpaired) electrons. The minimum absolute atomic E-state index is 0.0508. The topological polar surface area (TPSA) is 80.0 Å². The minimum atomic E-state index is -0.0508. The molecule has 8 nitrogen and oxygen atoms in total. The van der Waals surface area contributed by atoms with Crippen molar-refractivity contribution in [2.75, 3.05) is 31.6 Å². The lowest BCUT2D eigenvalue weighted by Crippen LogP contribution is -2.38. The maximum atomic E-state index is 13.2. The van der Waals surface area contributed by atoms with Gasteiger partial charge in [-0.1, -0.05) is 12.1 Å². The lowest BCUT2D eigenvalue weighted by atomic mass is 10.1. The van der Waals surface area contributed by atoms with Gasteiger partial charge in [0.25, 0.3) is 5.91 Å². The zero-order valence-corrected chi connectivity index (χ0v) is 16.7. The molecule has 1 aromatic carbocycles. The molecule has 0 N–H and O–H groups in total. The summed E-state index contributed by atoms with van der Waals surface area (Å²) in [5.74, 6) is 0.618. The molecule has 0 spiro atoms. The highest BCUT2D eigenvalue weighted by Crippen LogP contribution is 2.15. The summed E-state index contributed by atoms with van der Waals surface area (Å²) < 4.78 is 0. The fourth-order valence-electron chi connectivity index (χ4n) is 2.99. The summed E-state index contributed by atoms with van der Waals surface area (Å²) in [7, 11) is 1.94. The molecule has 2 heterocycles. The molecular formula is C20H25N7O. The number of aromatic nitrogens is 5. The number of hydrogen-bond acceptors (Lipinski definition) is 6. The number of anilines is 1. The van der Waals surface area contributed by atoms with Crippen molar-refractivity contribution in [2.24, 2.45) is 0 Å². The van der Waals surface area contributed by atoms with Gasteiger partial charge in [0.1, 0.15) is 0 Å². The normalized spacial score (nSPS) is 10.7. The third kappa shape index (κ3) is 4.33. The lowest BCUT2D eigenvalue weighted by molar-refractivity contribution is 0.0768. The Balaban J connectivity index is 1.74. The fourth-order valence-corrected chi connectivity index (χ4v) is 2.99. The molecule has 0 fully saturated rings. The van der Waals surface area contributed by atoms with Crippen molar-refractivity contribution in [3.05, 3.63) is 59.7 Å². The molecule has 0 saturated carbocycles. The number of carbonyl (C=O) groups excluding carboxylic acids is 1. The molecule has 0 aliphatic heterocycles. The Bertz CT molecular complexity index is 919. The number of amides is 1. The standard InChI is InChI=1S/C20H25N7O/c1-5-26(13-12-25(4)20-23-15(2)14-16(3)24-20)19(28)17-8-6-7-9-18(17)27-21-10-11-22-27/h6-11,14H,5,12-13H2,1-4H3. The van der Waals surface area contributed by atoms with Crippen LogP contribution in [0.3, 0.4) is 0 Å². The van der Waals surface area contributed by atoms with Gasteiger partial charge in [0.05, 0.1) is 23.6 Å². The first-order valence-corrected chi connectivity index (χ1v) is 9.28. The first kappa shape index (κ1) is 19.5. The second-order valence-electron chi connectivity index (χ2n) is 6.59. The maximum Gasteiger partial charge on any atom is 0.256 e. The zero-order chi connectivity index (χ0) is 20.1. The van der Waals surface area contributed by atoms with E-state index < -0.39 is 0 Å². The van der Waals surface area contributed by atoms with Crippen LogP contribution in [0.25, 0.3) is 5.69 Å². The van der Waals surface area contributed by atoms with Crippen LogP contribution in [0.1, 0.15) is 28.7 Å². The third-order valence-corrected chi connectivity index (χ3v) is 4.45. The van der Waals surface area contributed by atoms with Crippen molar-refractivity contribution in [1.82, 2.24) is 29.9 Å². The van der Waals surface area contributed by atoms with Crippen LogP contribution in [0.15, 0.2) is 42.7 Å². The highest BCUT2D eigenvalue weighted by atomic mass is 16.2. The maximum absolute atomic E-state index is 13.2. The van der Waals surface area contributed by atoms with Crippen LogP contribution in [0.5, 0.6) is 0 Å². The summed E-state index contributed by atoms with van der Waals surface area (Å²) in [6.07, 6.45) is 3.19. The number of para-hydroxylation sites is 1. The Kier molecular flexibility index (Phi) is 5.98. The van der Waals surface area contributed by atoms with E-state index in [0.29, 0.717) is 36.8 Å². The van der Waals surface area contributed by atoms with Gasteiger partial charge in [0, 0.05) is 38.1 Å². The van der Waals surface area contributed by atoms with E-state index in [0.717, 1.165) is 11.4 Å². The van der Waals surface area contributed by atoms with Gasteiger partial charge in [0.15, 0.2) is 0 Å². The van der Waals surface area contributed by atoms with Gasteiger partial charge in [-0.2, -0.15) is 15.0 Å². The van der Waals surface area contributed by atoms with E-state index in [1.807, 2.05) is 61.9 Å². The highest BCUT2D eigenvalue weighted by molar-refractivity contribution is 5.97. The summed E-state index contributed by atoms with van der Waals surface area (Å²) in [4.78, 5) is 27.4. The molecule has 2 aromatic heterocycles. The Morgan fingerprint density at radius 2 is 1.68 bits per heavy atom. The number of likely N-dealkylation sites (N-methyl/N-ethyl adjacent to an activating group) is 2. The molecule has 0 aliphatic carbocycles. The van der Waals surface area contributed by atoms with Crippen LogP contribution in [-0.4, -0.2) is 62.5 Å². The molecule has 8 heteroatoms. The van der Waals surface area contributed by atoms with Crippen molar-refractivity contribution >= 4 is 11.9 Å². The molecule has 28 heavy (non-hydrogen) atoms. The smallest absolute Gasteiger partial charge is 0.256 e. The molecule has 0 aliphatic rings. The Morgan fingerprint density at radius 1 is 1.04 bits per heavy atom. The lowest BCUT2D eigenvalue weighted by Gasteiger charge is -2.25. The van der Waals surface area contributed by atoms with Crippen LogP contribution in [0.2, 0.25) is 0 Å². The van der Waals surface area contributed by atoms with E-state index in [4.69, 9.17) is 0 Å². The van der Waals surface area contributed by atoms with Gasteiger partial charge in [-0.3, -0.25) is 4.79 Å². The summed E-state index contributed by atoms with van der Waals surface area (Å²) >= 11 is 0. The number of hydrogen-bond donors (Lipinski definition) is 0. The van der Waals surface area contributed by atoms with Gasteiger partial charge in [-0.25, -0.2) is 9.97 Å². The highest BCUT2D eigenvalue weighted by Gasteiger charge is 2.19. The van der Waals surface area contributed by atoms with Crippen molar-refractivity contribution in [3.8, 4) is 5.69 Å². The number of rotatable bonds is 7. The van der Waals surface area contributed by atoms with Gasteiger partial charge >= 0.3 is 0 Å². The van der Waals surface area contributed by atoms with Crippen molar-refractivity contribution in [1.29, 1.82) is 0 Å². The largest absolute Gasteiger partial charge is 0.342 e. The van der Waals surface area contributed by atoms with Crippen LogP contribution in [-0.2, 0) is 0 Å². The van der Waals surface area contributed by atoms with E-state index in [-0.39, 0.29) is 5.91 Å². The first-order chi connectivity index (χ1) is 13.5. The van der Waals surface area contributed by atoms with Crippen LogP contribution >= 0.6 is 0 Å². The second-order valence-corrected chi connectivity index (χ2v) is 6.59. The number of benzene rings is 1. The molecule has 0 atom stereocenters. The molecule has 3 aromatic rings. The monoisotopic (exact) mass is 379 g/mol. The van der Waals surface area contributed by atoms with E-state index in [2.05, 4.69) is 20.2 Å². The van der Waals surface area contributed by atoms with Crippen molar-refractivity contribution in [2.45, 2.75) is 20.8 Å². The molecular weight excluding hydrogens is 354 g/mol. The summed E-state index contributed by atoms with van der Waals surface area (Å²) in [6, 6.07) is 9.32. The summed E-state index contributed by atoms with van der Waals surface area (Å²) in [5.41, 5.74) is 3.10. The predicted octanol–water partition coefficient (Wildman–Crippen LogP) is 2.27. The molecule has 3 rings (SSSR count). The van der Waals surface area contributed by atoms with E-state index in [1.165, 1.54) is 4.80 Å². The van der Waals surface area contributed by atoms with E-state index in [1.54, 1.807) is 18.5 Å². The second kappa shape index (κ2) is 8.60. The summed E-state index contributed by atoms with van der Waals surface area (Å²) in [5, 5.41) is 8.31. The minimum Gasteiger partial charge on any atom is -0.342 e. The molecule has 1 amide bonds. The van der Waals surface area contributed by atoms with Gasteiger partial charge in [0.2, 0.25) is 5.95 Å². The number of aryl methyl sites for hydroxylation is 2. The Morgan fingerprint density at radius 3 is 2.32 bits per heavy atom. The molecule has 0 unspecified atom stereocenters. The molecule has 0 bridgehead atoms. The number of carbonyl (C=O) groups is 1. The van der Waals surface area contributed by atoms with Gasteiger partial charge in [-0.15, -0.1) is 0 Å². The van der Waals surface area contributed by atoms with Crippen LogP contribution in [0.4, 0.5) is 5.95 Å². The van der Waals surface area contributed by atoms with E-state index >= 15 is 0 Å². The predicted molar refractivity (Wildman–Crippen MR) is 108 cm³/mol. The Labute approximate surface area is 164 Å². The van der Waals surface area contributed by atoms with Crippen molar-refractivity contribution < 1.29 is 4.79 Å². The molecule has 0 saturated heterocycles. The first-order valence-electron chi connectivity index (χ1n) is 9.28. The van der Waals surface area contributed by atoms with Gasteiger partial charge < -0.3 is 9.80 Å².